The van der Waals surface area contributed by atoms with Gasteiger partial charge in [0.1, 0.15) is 6.04 Å². The van der Waals surface area contributed by atoms with E-state index in [2.05, 4.69) is 10.6 Å². The predicted molar refractivity (Wildman–Crippen MR) is 77.1 cm³/mol. The fourth-order valence-electron chi connectivity index (χ4n) is 2.58. The second-order valence-corrected chi connectivity index (χ2v) is 6.61. The molecule has 0 aromatic carbocycles. The smallest absolute Gasteiger partial charge is 0.245 e. The van der Waals surface area contributed by atoms with Crippen molar-refractivity contribution in [1.29, 1.82) is 0 Å². The Morgan fingerprint density at radius 3 is 2.95 bits per heavy atom. The molecule has 2 unspecified atom stereocenters. The molecule has 0 aliphatic carbocycles. The number of thioether (sulfide) groups is 1. The molecule has 0 radical (unpaired) electrons. The van der Waals surface area contributed by atoms with Gasteiger partial charge in [0.05, 0.1) is 0 Å². The maximum Gasteiger partial charge on any atom is 0.245 e. The zero-order valence-corrected chi connectivity index (χ0v) is 12.5. The molecule has 2 atom stereocenters. The molecule has 2 aliphatic rings. The van der Waals surface area contributed by atoms with Gasteiger partial charge in [-0.15, -0.1) is 0 Å². The number of likely N-dealkylation sites (tertiary alicyclic amines) is 1. The molecule has 5 nitrogen and oxygen atoms in total. The van der Waals surface area contributed by atoms with Gasteiger partial charge < -0.3 is 15.5 Å². The van der Waals surface area contributed by atoms with Crippen LogP contribution in [-0.4, -0.2) is 59.4 Å². The molecule has 108 valence electrons. The minimum atomic E-state index is -0.314. The summed E-state index contributed by atoms with van der Waals surface area (Å²) >= 11 is 1.87. The monoisotopic (exact) mass is 285 g/mol. The van der Waals surface area contributed by atoms with Gasteiger partial charge in [-0.25, -0.2) is 0 Å². The van der Waals surface area contributed by atoms with Gasteiger partial charge >= 0.3 is 0 Å². The highest BCUT2D eigenvalue weighted by molar-refractivity contribution is 7.99. The molecular weight excluding hydrogens is 262 g/mol. The van der Waals surface area contributed by atoms with E-state index in [1.807, 2.05) is 30.5 Å². The zero-order chi connectivity index (χ0) is 13.8. The minimum absolute atomic E-state index is 0.0102. The third-order valence-corrected chi connectivity index (χ3v) is 4.76. The van der Waals surface area contributed by atoms with E-state index in [9.17, 15) is 9.59 Å². The molecule has 2 heterocycles. The van der Waals surface area contributed by atoms with Crippen LogP contribution in [0.2, 0.25) is 0 Å². The molecule has 6 heteroatoms. The van der Waals surface area contributed by atoms with E-state index in [0.717, 1.165) is 31.0 Å². The van der Waals surface area contributed by atoms with Crippen molar-refractivity contribution in [2.24, 2.45) is 0 Å². The van der Waals surface area contributed by atoms with Gasteiger partial charge in [-0.05, 0) is 20.3 Å². The van der Waals surface area contributed by atoms with Gasteiger partial charge in [0.2, 0.25) is 11.8 Å². The molecule has 0 aromatic rings. The van der Waals surface area contributed by atoms with Crippen molar-refractivity contribution in [2.75, 3.05) is 24.6 Å². The molecule has 0 saturated carbocycles. The molecule has 0 bridgehead atoms. The molecule has 2 fully saturated rings. The van der Waals surface area contributed by atoms with Gasteiger partial charge in [0.15, 0.2) is 0 Å². The van der Waals surface area contributed by atoms with Gasteiger partial charge in [0.25, 0.3) is 0 Å². The van der Waals surface area contributed by atoms with Crippen LogP contribution >= 0.6 is 11.8 Å². The summed E-state index contributed by atoms with van der Waals surface area (Å²) in [6.07, 6.45) is 1.20. The molecule has 2 amide bonds. The van der Waals surface area contributed by atoms with Crippen LogP contribution in [0.5, 0.6) is 0 Å². The van der Waals surface area contributed by atoms with Crippen molar-refractivity contribution in [3.05, 3.63) is 0 Å². The lowest BCUT2D eigenvalue weighted by Gasteiger charge is -2.24. The first kappa shape index (κ1) is 14.7. The van der Waals surface area contributed by atoms with E-state index in [0.29, 0.717) is 6.42 Å². The van der Waals surface area contributed by atoms with E-state index < -0.39 is 0 Å². The van der Waals surface area contributed by atoms with Crippen LogP contribution in [0.4, 0.5) is 0 Å². The average Bonchev–Trinajstić information content (AvgIpc) is 2.72. The van der Waals surface area contributed by atoms with Crippen LogP contribution in [-0.2, 0) is 9.59 Å². The van der Waals surface area contributed by atoms with Crippen molar-refractivity contribution < 1.29 is 9.59 Å². The Bertz CT molecular complexity index is 343. The van der Waals surface area contributed by atoms with Crippen molar-refractivity contribution in [2.45, 2.75) is 44.8 Å². The summed E-state index contributed by atoms with van der Waals surface area (Å²) < 4.78 is 0. The quantitative estimate of drug-likeness (QED) is 0.775. The van der Waals surface area contributed by atoms with Gasteiger partial charge in [-0.1, -0.05) is 0 Å². The largest absolute Gasteiger partial charge is 0.344 e. The number of hydrogen-bond donors (Lipinski definition) is 2. The van der Waals surface area contributed by atoms with E-state index >= 15 is 0 Å². The normalized spacial score (nSPS) is 27.9. The number of amides is 2. The first-order valence-electron chi connectivity index (χ1n) is 6.99. The lowest BCUT2D eigenvalue weighted by Crippen LogP contribution is -2.46. The summed E-state index contributed by atoms with van der Waals surface area (Å²) in [5, 5.41) is 6.22. The highest BCUT2D eigenvalue weighted by Gasteiger charge is 2.34. The third kappa shape index (κ3) is 3.86. The van der Waals surface area contributed by atoms with Crippen molar-refractivity contribution in [1.82, 2.24) is 15.5 Å². The molecule has 0 spiro atoms. The van der Waals surface area contributed by atoms with Gasteiger partial charge in [-0.3, -0.25) is 9.59 Å². The Hall–Kier alpha value is -0.750. The fourth-order valence-corrected chi connectivity index (χ4v) is 3.53. The Morgan fingerprint density at radius 1 is 1.58 bits per heavy atom. The lowest BCUT2D eigenvalue weighted by atomic mass is 10.2. The predicted octanol–water partition coefficient (Wildman–Crippen LogP) is 0.207. The summed E-state index contributed by atoms with van der Waals surface area (Å²) in [7, 11) is 0. The minimum Gasteiger partial charge on any atom is -0.344 e. The Balaban J connectivity index is 1.78. The standard InChI is InChI=1S/C13H23N3O2S/c1-9(2)16-5-3-11(13(16)18)15-12(17)7-10-8-19-6-4-14-10/h9-11,14H,3-8H2,1-2H3,(H,15,17). The fraction of sp³-hybridized carbons (Fsp3) is 0.846. The number of rotatable bonds is 4. The second kappa shape index (κ2) is 6.61. The molecule has 2 saturated heterocycles. The maximum atomic E-state index is 12.1. The summed E-state index contributed by atoms with van der Waals surface area (Å²) in [6.45, 7) is 5.72. The Labute approximate surface area is 118 Å². The van der Waals surface area contributed by atoms with Crippen molar-refractivity contribution >= 4 is 23.6 Å². The first-order chi connectivity index (χ1) is 9.08. The SMILES string of the molecule is CC(C)N1CCC(NC(=O)CC2CSCCN2)C1=O. The van der Waals surface area contributed by atoms with Crippen LogP contribution in [0.15, 0.2) is 0 Å². The highest BCUT2D eigenvalue weighted by Crippen LogP contribution is 2.15. The molecular formula is C13H23N3O2S. The number of carbonyl (C=O) groups excluding carboxylic acids is 2. The van der Waals surface area contributed by atoms with Crippen LogP contribution in [0.1, 0.15) is 26.7 Å². The number of carbonyl (C=O) groups is 2. The molecule has 2 N–H and O–H groups in total. The van der Waals surface area contributed by atoms with E-state index in [1.165, 1.54) is 0 Å². The molecule has 0 aromatic heterocycles. The molecule has 2 aliphatic heterocycles. The van der Waals surface area contributed by atoms with Crippen LogP contribution < -0.4 is 10.6 Å². The van der Waals surface area contributed by atoms with Crippen molar-refractivity contribution in [3.8, 4) is 0 Å². The van der Waals surface area contributed by atoms with E-state index in [4.69, 9.17) is 0 Å². The maximum absolute atomic E-state index is 12.1. The van der Waals surface area contributed by atoms with Gasteiger partial charge in [0, 0.05) is 43.1 Å². The van der Waals surface area contributed by atoms with E-state index in [-0.39, 0.29) is 29.9 Å². The van der Waals surface area contributed by atoms with Crippen LogP contribution in [0.25, 0.3) is 0 Å². The highest BCUT2D eigenvalue weighted by atomic mass is 32.2. The Morgan fingerprint density at radius 2 is 2.37 bits per heavy atom. The molecule has 19 heavy (non-hydrogen) atoms. The topological polar surface area (TPSA) is 61.4 Å². The third-order valence-electron chi connectivity index (χ3n) is 3.63. The van der Waals surface area contributed by atoms with E-state index in [1.54, 1.807) is 0 Å². The van der Waals surface area contributed by atoms with Crippen LogP contribution in [0.3, 0.4) is 0 Å². The van der Waals surface area contributed by atoms with Crippen molar-refractivity contribution in [3.63, 3.8) is 0 Å². The summed E-state index contributed by atoms with van der Waals surface area (Å²) in [5.41, 5.74) is 0. The number of nitrogens with one attached hydrogen (secondary N) is 2. The zero-order valence-electron chi connectivity index (χ0n) is 11.6. The summed E-state index contributed by atoms with van der Waals surface area (Å²) in [6, 6.07) is 0.147. The second-order valence-electron chi connectivity index (χ2n) is 5.46. The Kier molecular flexibility index (Phi) is 5.10. The molecule has 2 rings (SSSR count). The lowest BCUT2D eigenvalue weighted by molar-refractivity contribution is -0.133. The number of nitrogens with zero attached hydrogens (tertiary/aromatic N) is 1. The summed E-state index contributed by atoms with van der Waals surface area (Å²) in [5.74, 6) is 2.14. The summed E-state index contributed by atoms with van der Waals surface area (Å²) in [4.78, 5) is 25.9. The number of hydrogen-bond acceptors (Lipinski definition) is 4. The average molecular weight is 285 g/mol. The van der Waals surface area contributed by atoms with Crippen LogP contribution in [0, 0.1) is 0 Å². The van der Waals surface area contributed by atoms with Gasteiger partial charge in [-0.2, -0.15) is 11.8 Å². The first-order valence-corrected chi connectivity index (χ1v) is 8.14.